The second-order valence-electron chi connectivity index (χ2n) is 6.54. The van der Waals surface area contributed by atoms with Crippen molar-refractivity contribution in [2.75, 3.05) is 23.3 Å². The van der Waals surface area contributed by atoms with Crippen LogP contribution in [0.25, 0.3) is 17.4 Å². The summed E-state index contributed by atoms with van der Waals surface area (Å²) < 4.78 is 5.73. The molecular formula is C20H15Cl2N5O2S. The Morgan fingerprint density at radius 2 is 2.00 bits per heavy atom. The van der Waals surface area contributed by atoms with Crippen molar-refractivity contribution in [1.82, 2.24) is 10.2 Å². The maximum Gasteiger partial charge on any atom is 0.268 e. The van der Waals surface area contributed by atoms with E-state index in [2.05, 4.69) is 20.4 Å². The first-order valence-corrected chi connectivity index (χ1v) is 10.7. The second-order valence-corrected chi connectivity index (χ2v) is 8.31. The zero-order chi connectivity index (χ0) is 21.1. The summed E-state index contributed by atoms with van der Waals surface area (Å²) in [7, 11) is 0. The monoisotopic (exact) mass is 459 g/mol. The molecule has 1 N–H and O–H groups in total. The molecule has 1 amide bonds. The summed E-state index contributed by atoms with van der Waals surface area (Å²) in [5.74, 6) is 0.323. The number of hydrogen-bond donors (Lipinski definition) is 1. The summed E-state index contributed by atoms with van der Waals surface area (Å²) in [6.45, 7) is 1.87. The van der Waals surface area contributed by atoms with Crippen molar-refractivity contribution in [2.24, 2.45) is 0 Å². The smallest absolute Gasteiger partial charge is 0.268 e. The molecule has 4 rings (SSSR count). The largest absolute Gasteiger partial charge is 0.457 e. The first-order chi connectivity index (χ1) is 14.5. The highest BCUT2D eigenvalue weighted by molar-refractivity contribution is 7.19. The van der Waals surface area contributed by atoms with Gasteiger partial charge in [-0.2, -0.15) is 5.26 Å². The van der Waals surface area contributed by atoms with E-state index in [9.17, 15) is 10.1 Å². The number of benzene rings is 1. The van der Waals surface area contributed by atoms with E-state index in [0.717, 1.165) is 36.6 Å². The zero-order valence-electron chi connectivity index (χ0n) is 15.6. The van der Waals surface area contributed by atoms with Gasteiger partial charge >= 0.3 is 0 Å². The van der Waals surface area contributed by atoms with Crippen LogP contribution in [0.2, 0.25) is 10.0 Å². The number of nitrogens with zero attached hydrogens (tertiary/aromatic N) is 4. The number of anilines is 2. The molecule has 0 saturated carbocycles. The molecule has 30 heavy (non-hydrogen) atoms. The van der Waals surface area contributed by atoms with Gasteiger partial charge in [0.1, 0.15) is 23.2 Å². The molecule has 0 aliphatic carbocycles. The van der Waals surface area contributed by atoms with Gasteiger partial charge in [-0.25, -0.2) is 0 Å². The number of halogens is 2. The van der Waals surface area contributed by atoms with E-state index in [-0.39, 0.29) is 5.57 Å². The van der Waals surface area contributed by atoms with Crippen LogP contribution in [-0.4, -0.2) is 29.2 Å². The maximum atomic E-state index is 12.5. The summed E-state index contributed by atoms with van der Waals surface area (Å²) in [5, 5.41) is 22.1. The SMILES string of the molecule is N#C/C(=C/c1ccc(-c2ccc(Cl)c(Cl)c2)o1)C(=O)Nc1nnc(N2CCCC2)s1. The third-order valence-electron chi connectivity index (χ3n) is 4.49. The highest BCUT2D eigenvalue weighted by atomic mass is 35.5. The predicted octanol–water partition coefficient (Wildman–Crippen LogP) is 5.25. The molecular weight excluding hydrogens is 445 g/mol. The van der Waals surface area contributed by atoms with E-state index in [0.29, 0.717) is 26.7 Å². The summed E-state index contributed by atoms with van der Waals surface area (Å²) in [6.07, 6.45) is 3.62. The van der Waals surface area contributed by atoms with Crippen molar-refractivity contribution in [1.29, 1.82) is 5.26 Å². The van der Waals surface area contributed by atoms with Crippen molar-refractivity contribution >= 4 is 56.8 Å². The standard InChI is InChI=1S/C20H15Cl2N5O2S/c21-15-5-3-12(10-16(15)22)17-6-4-14(29-17)9-13(11-23)18(28)24-19-25-26-20(30-19)27-7-1-2-8-27/h3-6,9-10H,1-2,7-8H2,(H,24,25,28)/b13-9-. The van der Waals surface area contributed by atoms with Gasteiger partial charge in [0.25, 0.3) is 5.91 Å². The molecule has 7 nitrogen and oxygen atoms in total. The Morgan fingerprint density at radius 3 is 2.73 bits per heavy atom. The first-order valence-electron chi connectivity index (χ1n) is 9.10. The minimum absolute atomic E-state index is 0.108. The number of rotatable bonds is 5. The number of amides is 1. The number of furan rings is 1. The molecule has 1 aromatic carbocycles. The molecule has 10 heteroatoms. The molecule has 0 unspecified atom stereocenters. The molecule has 1 saturated heterocycles. The van der Waals surface area contributed by atoms with Gasteiger partial charge in [-0.1, -0.05) is 34.5 Å². The Balaban J connectivity index is 1.48. The van der Waals surface area contributed by atoms with Gasteiger partial charge in [-0.3, -0.25) is 10.1 Å². The number of nitrogens with one attached hydrogen (secondary N) is 1. The Morgan fingerprint density at radius 1 is 1.20 bits per heavy atom. The van der Waals surface area contributed by atoms with E-state index in [1.165, 1.54) is 17.4 Å². The van der Waals surface area contributed by atoms with Crippen molar-refractivity contribution in [2.45, 2.75) is 12.8 Å². The van der Waals surface area contributed by atoms with Crippen LogP contribution in [0.5, 0.6) is 0 Å². The van der Waals surface area contributed by atoms with Gasteiger partial charge in [0.05, 0.1) is 10.0 Å². The molecule has 2 aromatic heterocycles. The minimum Gasteiger partial charge on any atom is -0.457 e. The van der Waals surface area contributed by atoms with Gasteiger partial charge < -0.3 is 9.32 Å². The molecule has 1 fully saturated rings. The Labute approximate surface area is 186 Å². The Hall–Kier alpha value is -2.86. The van der Waals surface area contributed by atoms with Crippen molar-refractivity contribution in [3.05, 3.63) is 51.7 Å². The van der Waals surface area contributed by atoms with E-state index >= 15 is 0 Å². The molecule has 0 bridgehead atoms. The predicted molar refractivity (Wildman–Crippen MR) is 118 cm³/mol. The number of hydrogen-bond acceptors (Lipinski definition) is 7. The van der Waals surface area contributed by atoms with Crippen LogP contribution in [0, 0.1) is 11.3 Å². The van der Waals surface area contributed by atoms with Gasteiger partial charge in [0.2, 0.25) is 10.3 Å². The van der Waals surface area contributed by atoms with Crippen LogP contribution in [0.15, 0.2) is 40.3 Å². The van der Waals surface area contributed by atoms with Crippen molar-refractivity contribution < 1.29 is 9.21 Å². The van der Waals surface area contributed by atoms with Crippen LogP contribution < -0.4 is 10.2 Å². The zero-order valence-corrected chi connectivity index (χ0v) is 17.9. The molecule has 3 aromatic rings. The fourth-order valence-corrected chi connectivity index (χ4v) is 4.08. The lowest BCUT2D eigenvalue weighted by atomic mass is 10.2. The van der Waals surface area contributed by atoms with E-state index in [1.54, 1.807) is 30.3 Å². The quantitative estimate of drug-likeness (QED) is 0.413. The normalized spacial score (nSPS) is 14.0. The maximum absolute atomic E-state index is 12.5. The van der Waals surface area contributed by atoms with E-state index in [1.807, 2.05) is 6.07 Å². The highest BCUT2D eigenvalue weighted by Crippen LogP contribution is 2.30. The van der Waals surface area contributed by atoms with Gasteiger partial charge in [0, 0.05) is 24.7 Å². The third kappa shape index (κ3) is 4.49. The van der Waals surface area contributed by atoms with E-state index < -0.39 is 5.91 Å². The molecule has 3 heterocycles. The molecule has 0 spiro atoms. The minimum atomic E-state index is -0.575. The second kappa shape index (κ2) is 8.88. The van der Waals surface area contributed by atoms with Crippen molar-refractivity contribution in [3.63, 3.8) is 0 Å². The lowest BCUT2D eigenvalue weighted by molar-refractivity contribution is -0.112. The Bertz CT molecular complexity index is 1160. The molecule has 1 aliphatic heterocycles. The third-order valence-corrected chi connectivity index (χ3v) is 6.13. The summed E-state index contributed by atoms with van der Waals surface area (Å²) in [4.78, 5) is 14.6. The van der Waals surface area contributed by atoms with Gasteiger partial charge in [-0.15, -0.1) is 10.2 Å². The summed E-state index contributed by atoms with van der Waals surface area (Å²) in [5.41, 5.74) is 0.623. The topological polar surface area (TPSA) is 95.0 Å². The summed E-state index contributed by atoms with van der Waals surface area (Å²) in [6, 6.07) is 10.4. The number of carbonyl (C=O) groups excluding carboxylic acids is 1. The van der Waals surface area contributed by atoms with Gasteiger partial charge in [-0.05, 0) is 43.2 Å². The fourth-order valence-electron chi connectivity index (χ4n) is 2.99. The molecule has 0 atom stereocenters. The fraction of sp³-hybridized carbons (Fsp3) is 0.200. The highest BCUT2D eigenvalue weighted by Gasteiger charge is 2.19. The first kappa shape index (κ1) is 20.4. The van der Waals surface area contributed by atoms with Crippen LogP contribution in [0.3, 0.4) is 0 Å². The van der Waals surface area contributed by atoms with Crippen LogP contribution in [0.4, 0.5) is 10.3 Å². The summed E-state index contributed by atoms with van der Waals surface area (Å²) >= 11 is 13.3. The molecule has 152 valence electrons. The average molecular weight is 460 g/mol. The van der Waals surface area contributed by atoms with E-state index in [4.69, 9.17) is 27.6 Å². The van der Waals surface area contributed by atoms with Gasteiger partial charge in [0.15, 0.2) is 0 Å². The lowest BCUT2D eigenvalue weighted by Gasteiger charge is -2.10. The lowest BCUT2D eigenvalue weighted by Crippen LogP contribution is -2.17. The van der Waals surface area contributed by atoms with Crippen LogP contribution >= 0.6 is 34.5 Å². The molecule has 0 radical (unpaired) electrons. The number of carbonyl (C=O) groups is 1. The van der Waals surface area contributed by atoms with Crippen molar-refractivity contribution in [3.8, 4) is 17.4 Å². The molecule has 1 aliphatic rings. The Kier molecular flexibility index (Phi) is 6.04. The van der Waals surface area contributed by atoms with Crippen LogP contribution in [0.1, 0.15) is 18.6 Å². The number of aromatic nitrogens is 2. The van der Waals surface area contributed by atoms with Crippen LogP contribution in [-0.2, 0) is 4.79 Å². The number of nitriles is 1. The average Bonchev–Trinajstić information content (AvgIpc) is 3.49.